The maximum Gasteiger partial charge on any atom is 0.343 e. The zero-order valence-corrected chi connectivity index (χ0v) is 15.3. The maximum atomic E-state index is 14.5. The summed E-state index contributed by atoms with van der Waals surface area (Å²) in [6, 6.07) is 7.63. The first kappa shape index (κ1) is 19.1. The van der Waals surface area contributed by atoms with Crippen molar-refractivity contribution < 1.29 is 18.8 Å². The van der Waals surface area contributed by atoms with Gasteiger partial charge in [0.1, 0.15) is 12.4 Å². The normalized spacial score (nSPS) is 19.6. The standard InChI is InChI=1S/C19H23FN4O3/c1-13-10-24(11-14(2)27-13)18-6-5-16(8-17(18)20)22-19(25)23-26-12-15-4-3-7-21-9-15/h3-9,13-14H,10-12H2,1-2H3,(H2,22,23,25)/t13-,14+. The van der Waals surface area contributed by atoms with E-state index in [1.165, 1.54) is 6.07 Å². The summed E-state index contributed by atoms with van der Waals surface area (Å²) in [4.78, 5) is 22.9. The number of morpholine rings is 1. The van der Waals surface area contributed by atoms with E-state index in [9.17, 15) is 9.18 Å². The number of ether oxygens (including phenoxy) is 1. The van der Waals surface area contributed by atoms with Gasteiger partial charge in [-0.3, -0.25) is 9.82 Å². The van der Waals surface area contributed by atoms with Crippen LogP contribution in [0.15, 0.2) is 42.7 Å². The van der Waals surface area contributed by atoms with Gasteiger partial charge in [0.05, 0.1) is 17.9 Å². The number of rotatable bonds is 5. The molecule has 0 spiro atoms. The molecule has 144 valence electrons. The molecule has 0 bridgehead atoms. The number of urea groups is 1. The van der Waals surface area contributed by atoms with Crippen LogP contribution in [0.5, 0.6) is 0 Å². The van der Waals surface area contributed by atoms with E-state index in [4.69, 9.17) is 9.57 Å². The highest BCUT2D eigenvalue weighted by Crippen LogP contribution is 2.26. The predicted octanol–water partition coefficient (Wildman–Crippen LogP) is 3.09. The molecule has 2 atom stereocenters. The molecular weight excluding hydrogens is 351 g/mol. The number of benzene rings is 1. The Balaban J connectivity index is 1.53. The van der Waals surface area contributed by atoms with Crippen LogP contribution in [0.3, 0.4) is 0 Å². The molecule has 1 saturated heterocycles. The Labute approximate surface area is 157 Å². The third-order valence-electron chi connectivity index (χ3n) is 4.09. The van der Waals surface area contributed by atoms with Gasteiger partial charge in [0.15, 0.2) is 0 Å². The van der Waals surface area contributed by atoms with Crippen LogP contribution in [0.4, 0.5) is 20.6 Å². The number of hydroxylamine groups is 1. The predicted molar refractivity (Wildman–Crippen MR) is 99.8 cm³/mol. The minimum absolute atomic E-state index is 0.0358. The number of carbonyl (C=O) groups excluding carboxylic acids is 1. The summed E-state index contributed by atoms with van der Waals surface area (Å²) < 4.78 is 20.2. The number of nitrogens with zero attached hydrogens (tertiary/aromatic N) is 2. The van der Waals surface area contributed by atoms with Gasteiger partial charge in [0.25, 0.3) is 0 Å². The summed E-state index contributed by atoms with van der Waals surface area (Å²) in [6.07, 6.45) is 3.36. The Morgan fingerprint density at radius 3 is 2.78 bits per heavy atom. The number of hydrogen-bond donors (Lipinski definition) is 2. The molecule has 0 saturated carbocycles. The van der Waals surface area contributed by atoms with Gasteiger partial charge in [0, 0.05) is 31.2 Å². The van der Waals surface area contributed by atoms with Crippen molar-refractivity contribution >= 4 is 17.4 Å². The molecule has 1 aliphatic rings. The van der Waals surface area contributed by atoms with E-state index >= 15 is 0 Å². The van der Waals surface area contributed by atoms with Crippen molar-refractivity contribution in [3.63, 3.8) is 0 Å². The van der Waals surface area contributed by atoms with Crippen LogP contribution in [0, 0.1) is 5.82 Å². The van der Waals surface area contributed by atoms with Crippen LogP contribution in [0.25, 0.3) is 0 Å². The van der Waals surface area contributed by atoms with Gasteiger partial charge in [-0.15, -0.1) is 0 Å². The number of aromatic nitrogens is 1. The third kappa shape index (κ3) is 5.38. The molecule has 3 rings (SSSR count). The number of nitrogens with one attached hydrogen (secondary N) is 2. The summed E-state index contributed by atoms with van der Waals surface area (Å²) in [7, 11) is 0. The van der Waals surface area contributed by atoms with E-state index in [2.05, 4.69) is 15.8 Å². The van der Waals surface area contributed by atoms with Gasteiger partial charge in [-0.05, 0) is 43.7 Å². The van der Waals surface area contributed by atoms with Crippen molar-refractivity contribution in [2.75, 3.05) is 23.3 Å². The number of halogens is 1. The Bertz CT molecular complexity index is 765. The smallest absolute Gasteiger partial charge is 0.343 e. The van der Waals surface area contributed by atoms with Crippen molar-refractivity contribution in [3.8, 4) is 0 Å². The van der Waals surface area contributed by atoms with Crippen molar-refractivity contribution in [3.05, 3.63) is 54.1 Å². The number of carbonyl (C=O) groups is 1. The Kier molecular flexibility index (Phi) is 6.20. The lowest BCUT2D eigenvalue weighted by Gasteiger charge is -2.37. The minimum Gasteiger partial charge on any atom is -0.372 e. The molecule has 2 amide bonds. The van der Waals surface area contributed by atoms with Crippen molar-refractivity contribution in [1.82, 2.24) is 10.5 Å². The summed E-state index contributed by atoms with van der Waals surface area (Å²) in [6.45, 7) is 5.36. The topological polar surface area (TPSA) is 75.7 Å². The molecule has 2 heterocycles. The number of hydrogen-bond acceptors (Lipinski definition) is 5. The second-order valence-corrected chi connectivity index (χ2v) is 6.53. The average molecular weight is 374 g/mol. The molecule has 0 aliphatic carbocycles. The molecular formula is C19H23FN4O3. The number of pyridine rings is 1. The first-order valence-corrected chi connectivity index (χ1v) is 8.79. The van der Waals surface area contributed by atoms with Crippen LogP contribution in [0.2, 0.25) is 0 Å². The molecule has 1 fully saturated rings. The van der Waals surface area contributed by atoms with E-state index < -0.39 is 11.8 Å². The zero-order valence-electron chi connectivity index (χ0n) is 15.3. The molecule has 2 aromatic rings. The van der Waals surface area contributed by atoms with E-state index in [0.29, 0.717) is 24.5 Å². The number of anilines is 2. The van der Waals surface area contributed by atoms with Crippen molar-refractivity contribution in [2.45, 2.75) is 32.7 Å². The molecule has 0 radical (unpaired) electrons. The fraction of sp³-hybridized carbons (Fsp3) is 0.368. The quantitative estimate of drug-likeness (QED) is 0.787. The highest BCUT2D eigenvalue weighted by molar-refractivity contribution is 5.88. The van der Waals surface area contributed by atoms with Crippen molar-refractivity contribution in [2.24, 2.45) is 0 Å². The molecule has 8 heteroatoms. The second kappa shape index (κ2) is 8.79. The third-order valence-corrected chi connectivity index (χ3v) is 4.09. The Hall–Kier alpha value is -2.71. The second-order valence-electron chi connectivity index (χ2n) is 6.53. The van der Waals surface area contributed by atoms with Gasteiger partial charge in [-0.2, -0.15) is 0 Å². The molecule has 7 nitrogen and oxygen atoms in total. The Morgan fingerprint density at radius 2 is 2.11 bits per heavy atom. The lowest BCUT2D eigenvalue weighted by Crippen LogP contribution is -2.45. The zero-order chi connectivity index (χ0) is 19.2. The van der Waals surface area contributed by atoms with E-state index in [0.717, 1.165) is 5.56 Å². The average Bonchev–Trinajstić information content (AvgIpc) is 2.62. The first-order chi connectivity index (χ1) is 13.0. The fourth-order valence-corrected chi connectivity index (χ4v) is 3.04. The summed E-state index contributed by atoms with van der Waals surface area (Å²) >= 11 is 0. The Morgan fingerprint density at radius 1 is 1.33 bits per heavy atom. The van der Waals surface area contributed by atoms with Gasteiger partial charge in [0.2, 0.25) is 0 Å². The van der Waals surface area contributed by atoms with Crippen molar-refractivity contribution in [1.29, 1.82) is 0 Å². The molecule has 2 N–H and O–H groups in total. The van der Waals surface area contributed by atoms with Crippen LogP contribution in [-0.4, -0.2) is 36.3 Å². The van der Waals surface area contributed by atoms with E-state index in [1.54, 1.807) is 30.6 Å². The molecule has 0 unspecified atom stereocenters. The first-order valence-electron chi connectivity index (χ1n) is 8.79. The fourth-order valence-electron chi connectivity index (χ4n) is 3.04. The lowest BCUT2D eigenvalue weighted by atomic mass is 10.2. The van der Waals surface area contributed by atoms with E-state index in [1.807, 2.05) is 24.8 Å². The molecule has 27 heavy (non-hydrogen) atoms. The van der Waals surface area contributed by atoms with Crippen LogP contribution >= 0.6 is 0 Å². The van der Waals surface area contributed by atoms with Gasteiger partial charge < -0.3 is 15.0 Å². The SMILES string of the molecule is C[C@@H]1CN(c2ccc(NC(=O)NOCc3cccnc3)cc2F)C[C@H](C)O1. The number of amides is 2. The summed E-state index contributed by atoms with van der Waals surface area (Å²) in [5, 5.41) is 2.54. The van der Waals surface area contributed by atoms with Crippen LogP contribution in [-0.2, 0) is 16.2 Å². The van der Waals surface area contributed by atoms with Crippen LogP contribution in [0.1, 0.15) is 19.4 Å². The lowest BCUT2D eigenvalue weighted by molar-refractivity contribution is -0.00539. The van der Waals surface area contributed by atoms with Gasteiger partial charge in [-0.25, -0.2) is 14.7 Å². The highest BCUT2D eigenvalue weighted by atomic mass is 19.1. The molecule has 1 aliphatic heterocycles. The monoisotopic (exact) mass is 374 g/mol. The molecule has 1 aromatic carbocycles. The molecule has 1 aromatic heterocycles. The van der Waals surface area contributed by atoms with Crippen LogP contribution < -0.4 is 15.7 Å². The van der Waals surface area contributed by atoms with E-state index in [-0.39, 0.29) is 18.8 Å². The minimum atomic E-state index is -0.584. The summed E-state index contributed by atoms with van der Waals surface area (Å²) in [5.74, 6) is -0.398. The maximum absolute atomic E-state index is 14.5. The highest BCUT2D eigenvalue weighted by Gasteiger charge is 2.24. The van der Waals surface area contributed by atoms with Gasteiger partial charge in [-0.1, -0.05) is 6.07 Å². The summed E-state index contributed by atoms with van der Waals surface area (Å²) in [5.41, 5.74) is 3.92. The largest absolute Gasteiger partial charge is 0.372 e. The van der Waals surface area contributed by atoms with Gasteiger partial charge >= 0.3 is 6.03 Å².